The van der Waals surface area contributed by atoms with Gasteiger partial charge in [-0.05, 0) is 49.6 Å². The number of hydrogen-bond acceptors (Lipinski definition) is 3. The Morgan fingerprint density at radius 3 is 2.44 bits per heavy atom. The third-order valence-electron chi connectivity index (χ3n) is 2.42. The van der Waals surface area contributed by atoms with Crippen LogP contribution in [0.15, 0.2) is 21.1 Å². The van der Waals surface area contributed by atoms with E-state index in [9.17, 15) is 4.21 Å². The average molecular weight is 399 g/mol. The van der Waals surface area contributed by atoms with E-state index in [1.807, 2.05) is 19.1 Å². The highest BCUT2D eigenvalue weighted by Crippen LogP contribution is 2.34. The highest BCUT2D eigenvalue weighted by atomic mass is 79.9. The summed E-state index contributed by atoms with van der Waals surface area (Å²) >= 11 is 6.94. The first-order chi connectivity index (χ1) is 8.58. The van der Waals surface area contributed by atoms with Gasteiger partial charge in [0.2, 0.25) is 0 Å². The van der Waals surface area contributed by atoms with Gasteiger partial charge in [0.15, 0.2) is 0 Å². The molecule has 102 valence electrons. The number of rotatable bonds is 7. The molecule has 3 nitrogen and oxygen atoms in total. The number of halogens is 2. The number of methoxy groups -OCH3 is 1. The van der Waals surface area contributed by atoms with E-state index in [0.29, 0.717) is 5.75 Å². The first-order valence-electron chi connectivity index (χ1n) is 5.66. The molecule has 1 rings (SSSR count). The molecule has 0 aliphatic carbocycles. The lowest BCUT2D eigenvalue weighted by Gasteiger charge is -2.10. The van der Waals surface area contributed by atoms with E-state index in [-0.39, 0.29) is 0 Å². The summed E-state index contributed by atoms with van der Waals surface area (Å²) < 4.78 is 18.4. The largest absolute Gasteiger partial charge is 0.494 e. The Morgan fingerprint density at radius 1 is 1.33 bits per heavy atom. The first kappa shape index (κ1) is 16.1. The molecule has 1 aromatic rings. The van der Waals surface area contributed by atoms with E-state index in [1.54, 1.807) is 7.11 Å². The van der Waals surface area contributed by atoms with Crippen LogP contribution in [0.5, 0.6) is 5.75 Å². The maximum Gasteiger partial charge on any atom is 0.147 e. The van der Waals surface area contributed by atoms with Crippen molar-refractivity contribution in [3.8, 4) is 5.75 Å². The van der Waals surface area contributed by atoms with E-state index < -0.39 is 10.8 Å². The van der Waals surface area contributed by atoms with Crippen LogP contribution in [0, 0.1) is 0 Å². The summed E-state index contributed by atoms with van der Waals surface area (Å²) in [7, 11) is 0.942. The molecule has 0 aliphatic rings. The molecule has 1 unspecified atom stereocenters. The van der Waals surface area contributed by atoms with Gasteiger partial charge in [0.1, 0.15) is 5.75 Å². The van der Waals surface area contributed by atoms with Crippen LogP contribution >= 0.6 is 31.9 Å². The number of ether oxygens (including phenoxy) is 1. The van der Waals surface area contributed by atoms with Crippen LogP contribution in [0.4, 0.5) is 0 Å². The van der Waals surface area contributed by atoms with Gasteiger partial charge in [-0.3, -0.25) is 4.21 Å². The van der Waals surface area contributed by atoms with Crippen molar-refractivity contribution in [2.24, 2.45) is 0 Å². The van der Waals surface area contributed by atoms with Crippen molar-refractivity contribution in [3.63, 3.8) is 0 Å². The van der Waals surface area contributed by atoms with Crippen LogP contribution in [0.25, 0.3) is 0 Å². The molecule has 0 heterocycles. The summed E-state index contributed by atoms with van der Waals surface area (Å²) in [4.78, 5) is 0. The van der Waals surface area contributed by atoms with Crippen molar-refractivity contribution in [1.82, 2.24) is 5.32 Å². The average Bonchev–Trinajstić information content (AvgIpc) is 2.34. The third kappa shape index (κ3) is 4.99. The highest BCUT2D eigenvalue weighted by molar-refractivity contribution is 9.11. The van der Waals surface area contributed by atoms with Crippen molar-refractivity contribution < 1.29 is 8.95 Å². The zero-order valence-electron chi connectivity index (χ0n) is 10.5. The van der Waals surface area contributed by atoms with Gasteiger partial charge in [0.25, 0.3) is 0 Å². The van der Waals surface area contributed by atoms with Gasteiger partial charge in [-0.25, -0.2) is 0 Å². The normalized spacial score (nSPS) is 12.4. The lowest BCUT2D eigenvalue weighted by molar-refractivity contribution is 0.409. The Balaban J connectivity index is 2.51. The van der Waals surface area contributed by atoms with Crippen molar-refractivity contribution in [2.75, 3.05) is 25.2 Å². The van der Waals surface area contributed by atoms with Crippen LogP contribution in [-0.4, -0.2) is 29.4 Å². The van der Waals surface area contributed by atoms with Crippen LogP contribution in [0.3, 0.4) is 0 Å². The molecular formula is C12H17Br2NO2S. The Kier molecular flexibility index (Phi) is 7.44. The fourth-order valence-corrected chi connectivity index (χ4v) is 3.74. The molecule has 0 saturated carbocycles. The molecule has 0 aliphatic heterocycles. The van der Waals surface area contributed by atoms with Gasteiger partial charge >= 0.3 is 0 Å². The number of benzene rings is 1. The molecule has 1 N–H and O–H groups in total. The maximum atomic E-state index is 11.3. The molecule has 0 radical (unpaired) electrons. The number of hydrogen-bond donors (Lipinski definition) is 1. The molecule has 1 aromatic carbocycles. The van der Waals surface area contributed by atoms with Crippen molar-refractivity contribution in [2.45, 2.75) is 13.5 Å². The second kappa shape index (κ2) is 8.30. The maximum absolute atomic E-state index is 11.3. The fraction of sp³-hybridized carbons (Fsp3) is 0.500. The van der Waals surface area contributed by atoms with Gasteiger partial charge in [0.05, 0.1) is 16.1 Å². The Hall–Kier alpha value is 0.0900. The molecule has 1 atom stereocenters. The monoisotopic (exact) mass is 397 g/mol. The zero-order valence-corrected chi connectivity index (χ0v) is 14.5. The molecule has 18 heavy (non-hydrogen) atoms. The van der Waals surface area contributed by atoms with Crippen molar-refractivity contribution >= 4 is 42.7 Å². The van der Waals surface area contributed by atoms with Gasteiger partial charge in [0, 0.05) is 35.4 Å². The van der Waals surface area contributed by atoms with Crippen LogP contribution in [0.2, 0.25) is 0 Å². The summed E-state index contributed by atoms with van der Waals surface area (Å²) in [6.07, 6.45) is 0. The molecule has 0 amide bonds. The minimum atomic E-state index is -0.700. The molecular weight excluding hydrogens is 382 g/mol. The lowest BCUT2D eigenvalue weighted by Crippen LogP contribution is -2.20. The zero-order chi connectivity index (χ0) is 13.5. The predicted octanol–water partition coefficient (Wildman–Crippen LogP) is 3.08. The van der Waals surface area contributed by atoms with Gasteiger partial charge in [-0.1, -0.05) is 6.92 Å². The minimum Gasteiger partial charge on any atom is -0.494 e. The summed E-state index contributed by atoms with van der Waals surface area (Å²) in [5.41, 5.74) is 1.15. The Bertz CT molecular complexity index is 404. The highest BCUT2D eigenvalue weighted by Gasteiger charge is 2.07. The summed E-state index contributed by atoms with van der Waals surface area (Å²) in [6, 6.07) is 4.04. The SMILES string of the molecule is CCS(=O)CCNCc1cc(Br)c(OC)c(Br)c1. The van der Waals surface area contributed by atoms with E-state index in [4.69, 9.17) is 4.74 Å². The molecule has 6 heteroatoms. The lowest BCUT2D eigenvalue weighted by atomic mass is 10.2. The predicted molar refractivity (Wildman–Crippen MR) is 83.7 cm³/mol. The van der Waals surface area contributed by atoms with E-state index in [0.717, 1.165) is 39.1 Å². The second-order valence-electron chi connectivity index (χ2n) is 3.70. The topological polar surface area (TPSA) is 38.3 Å². The number of nitrogens with one attached hydrogen (secondary N) is 1. The molecule has 0 aromatic heterocycles. The van der Waals surface area contributed by atoms with Gasteiger partial charge in [-0.15, -0.1) is 0 Å². The Morgan fingerprint density at radius 2 is 1.94 bits per heavy atom. The van der Waals surface area contributed by atoms with Crippen molar-refractivity contribution in [1.29, 1.82) is 0 Å². The van der Waals surface area contributed by atoms with Crippen LogP contribution < -0.4 is 10.1 Å². The van der Waals surface area contributed by atoms with Crippen LogP contribution in [0.1, 0.15) is 12.5 Å². The summed E-state index contributed by atoms with van der Waals surface area (Å²) in [6.45, 7) is 3.46. The molecule has 0 saturated heterocycles. The Labute approximate surface area is 127 Å². The van der Waals surface area contributed by atoms with E-state index in [2.05, 4.69) is 37.2 Å². The molecule has 0 bridgehead atoms. The van der Waals surface area contributed by atoms with Gasteiger partial charge in [-0.2, -0.15) is 0 Å². The smallest absolute Gasteiger partial charge is 0.147 e. The fourth-order valence-electron chi connectivity index (χ4n) is 1.47. The minimum absolute atomic E-state index is 0.700. The van der Waals surface area contributed by atoms with E-state index >= 15 is 0 Å². The molecule has 0 fully saturated rings. The third-order valence-corrected chi connectivity index (χ3v) is 4.90. The second-order valence-corrected chi connectivity index (χ2v) is 7.28. The van der Waals surface area contributed by atoms with E-state index in [1.165, 1.54) is 0 Å². The standard InChI is InChI=1S/C12H17Br2NO2S/c1-3-18(16)5-4-15-8-9-6-10(13)12(17-2)11(14)7-9/h6-7,15H,3-5,8H2,1-2H3. The quantitative estimate of drug-likeness (QED) is 0.717. The first-order valence-corrected chi connectivity index (χ1v) is 8.73. The summed E-state index contributed by atoms with van der Waals surface area (Å²) in [5, 5.41) is 3.28. The van der Waals surface area contributed by atoms with Crippen LogP contribution in [-0.2, 0) is 17.3 Å². The molecule has 0 spiro atoms. The summed E-state index contributed by atoms with van der Waals surface area (Å²) in [5.74, 6) is 2.22. The van der Waals surface area contributed by atoms with Gasteiger partial charge < -0.3 is 10.1 Å². The van der Waals surface area contributed by atoms with Crippen molar-refractivity contribution in [3.05, 3.63) is 26.6 Å².